The van der Waals surface area contributed by atoms with Gasteiger partial charge in [-0.3, -0.25) is 14.9 Å². The molecule has 8 heteroatoms. The number of nitro groups is 1. The van der Waals surface area contributed by atoms with Crippen LogP contribution >= 0.6 is 0 Å². The van der Waals surface area contributed by atoms with Crippen LogP contribution in [0.15, 0.2) is 46.4 Å². The summed E-state index contributed by atoms with van der Waals surface area (Å²) in [5.41, 5.74) is 0.207. The van der Waals surface area contributed by atoms with Crippen molar-refractivity contribution in [3.63, 3.8) is 0 Å². The van der Waals surface area contributed by atoms with Gasteiger partial charge in [0.1, 0.15) is 28.1 Å². The summed E-state index contributed by atoms with van der Waals surface area (Å²) < 4.78 is 10.2. The monoisotopic (exact) mass is 327 g/mol. The second kappa shape index (κ2) is 7.60. The van der Waals surface area contributed by atoms with Crippen molar-refractivity contribution in [1.82, 2.24) is 0 Å². The summed E-state index contributed by atoms with van der Waals surface area (Å²) in [6.07, 6.45) is 1.13. The van der Waals surface area contributed by atoms with E-state index >= 15 is 0 Å². The molecule has 24 heavy (non-hydrogen) atoms. The lowest BCUT2D eigenvalue weighted by atomic mass is 10.2. The smallest absolute Gasteiger partial charge is 0.433 e. The minimum atomic E-state index is -0.706. The van der Waals surface area contributed by atoms with Crippen LogP contribution < -0.4 is 10.1 Å². The van der Waals surface area contributed by atoms with E-state index < -0.39 is 16.7 Å². The number of anilines is 1. The molecular weight excluding hydrogens is 314 g/mol. The van der Waals surface area contributed by atoms with Gasteiger partial charge in [0.2, 0.25) is 0 Å². The number of hydrogen-bond acceptors (Lipinski definition) is 6. The molecule has 0 aliphatic carbocycles. The third-order valence-corrected chi connectivity index (χ3v) is 2.85. The molecule has 0 spiro atoms. The van der Waals surface area contributed by atoms with Crippen molar-refractivity contribution < 1.29 is 18.9 Å². The summed E-state index contributed by atoms with van der Waals surface area (Å²) in [6, 6.07) is 10.9. The highest BCUT2D eigenvalue weighted by molar-refractivity contribution is 6.09. The molecule has 0 bridgehead atoms. The Kier molecular flexibility index (Phi) is 5.31. The Morgan fingerprint density at radius 3 is 2.88 bits per heavy atom. The molecule has 1 aromatic carbocycles. The van der Waals surface area contributed by atoms with Crippen LogP contribution in [0.5, 0.6) is 5.75 Å². The summed E-state index contributed by atoms with van der Waals surface area (Å²) in [6.45, 7) is 2.32. The van der Waals surface area contributed by atoms with E-state index in [0.29, 0.717) is 18.0 Å². The first kappa shape index (κ1) is 16.8. The summed E-state index contributed by atoms with van der Waals surface area (Å²) in [5, 5.41) is 22.2. The predicted octanol–water partition coefficient (Wildman–Crippen LogP) is 3.13. The topological polar surface area (TPSA) is 118 Å². The summed E-state index contributed by atoms with van der Waals surface area (Å²) in [5.74, 6) is -0.510. The second-order valence-corrected chi connectivity index (χ2v) is 4.52. The number of nitrogens with zero attached hydrogens (tertiary/aromatic N) is 2. The molecule has 0 unspecified atom stereocenters. The molecule has 0 fully saturated rings. The van der Waals surface area contributed by atoms with Crippen molar-refractivity contribution in [1.29, 1.82) is 5.26 Å². The first-order chi connectivity index (χ1) is 11.5. The van der Waals surface area contributed by atoms with Crippen LogP contribution in [0.25, 0.3) is 6.08 Å². The van der Waals surface area contributed by atoms with Crippen molar-refractivity contribution in [2.24, 2.45) is 0 Å². The number of benzene rings is 1. The average Bonchev–Trinajstić information content (AvgIpc) is 3.02. The lowest BCUT2D eigenvalue weighted by molar-refractivity contribution is -0.402. The van der Waals surface area contributed by atoms with Crippen LogP contribution in [0.3, 0.4) is 0 Å². The zero-order chi connectivity index (χ0) is 17.5. The predicted molar refractivity (Wildman–Crippen MR) is 85.2 cm³/mol. The van der Waals surface area contributed by atoms with Crippen molar-refractivity contribution in [3.05, 3.63) is 57.8 Å². The van der Waals surface area contributed by atoms with E-state index in [1.54, 1.807) is 30.3 Å². The summed E-state index contributed by atoms with van der Waals surface area (Å²) in [4.78, 5) is 22.0. The van der Waals surface area contributed by atoms with Gasteiger partial charge in [0.05, 0.1) is 12.7 Å². The largest absolute Gasteiger partial charge is 0.494 e. The molecule has 0 atom stereocenters. The van der Waals surface area contributed by atoms with Gasteiger partial charge >= 0.3 is 5.88 Å². The van der Waals surface area contributed by atoms with Gasteiger partial charge in [-0.25, -0.2) is 0 Å². The fourth-order valence-corrected chi connectivity index (χ4v) is 1.84. The van der Waals surface area contributed by atoms with E-state index in [0.717, 1.165) is 12.1 Å². The van der Waals surface area contributed by atoms with Crippen LogP contribution in [0.1, 0.15) is 12.7 Å². The Hall–Kier alpha value is -3.60. The lowest BCUT2D eigenvalue weighted by Gasteiger charge is -2.07. The molecule has 2 aromatic rings. The van der Waals surface area contributed by atoms with Crippen molar-refractivity contribution in [2.45, 2.75) is 6.92 Å². The van der Waals surface area contributed by atoms with Gasteiger partial charge in [0.15, 0.2) is 0 Å². The second-order valence-electron chi connectivity index (χ2n) is 4.52. The Labute approximate surface area is 137 Å². The minimum absolute atomic E-state index is 0.0384. The highest BCUT2D eigenvalue weighted by Gasteiger charge is 2.14. The quantitative estimate of drug-likeness (QED) is 0.377. The van der Waals surface area contributed by atoms with Gasteiger partial charge in [-0.15, -0.1) is 0 Å². The maximum atomic E-state index is 12.1. The number of rotatable bonds is 6. The molecule has 1 heterocycles. The maximum Gasteiger partial charge on any atom is 0.433 e. The molecule has 0 saturated carbocycles. The maximum absolute atomic E-state index is 12.1. The fraction of sp³-hybridized carbons (Fsp3) is 0.125. The van der Waals surface area contributed by atoms with E-state index in [9.17, 15) is 14.9 Å². The number of ether oxygens (including phenoxy) is 1. The van der Waals surface area contributed by atoms with Gasteiger partial charge in [0, 0.05) is 17.8 Å². The molecule has 0 radical (unpaired) electrons. The van der Waals surface area contributed by atoms with Crippen LogP contribution in [-0.2, 0) is 4.79 Å². The van der Waals surface area contributed by atoms with Crippen LogP contribution in [0.4, 0.5) is 11.6 Å². The molecular formula is C16H13N3O5. The summed E-state index contributed by atoms with van der Waals surface area (Å²) in [7, 11) is 0. The average molecular weight is 327 g/mol. The van der Waals surface area contributed by atoms with Crippen molar-refractivity contribution in [2.75, 3.05) is 11.9 Å². The molecule has 122 valence electrons. The first-order valence-corrected chi connectivity index (χ1v) is 6.93. The van der Waals surface area contributed by atoms with Gasteiger partial charge in [-0.05, 0) is 25.1 Å². The van der Waals surface area contributed by atoms with Gasteiger partial charge < -0.3 is 14.5 Å². The zero-order valence-corrected chi connectivity index (χ0v) is 12.7. The number of carbonyl (C=O) groups excluding carboxylic acids is 1. The molecule has 0 aliphatic heterocycles. The van der Waals surface area contributed by atoms with E-state index in [1.807, 2.05) is 6.92 Å². The summed E-state index contributed by atoms with van der Waals surface area (Å²) >= 11 is 0. The number of nitriles is 1. The molecule has 1 N–H and O–H groups in total. The van der Waals surface area contributed by atoms with Gasteiger partial charge in [0.25, 0.3) is 5.91 Å². The Morgan fingerprint density at radius 1 is 1.46 bits per heavy atom. The standard InChI is InChI=1S/C16H13N3O5/c1-2-23-13-5-3-4-12(9-13)18-16(20)11(10-17)8-14-6-7-15(24-14)19(21)22/h3-9H,2H2,1H3,(H,18,20)/b11-8-. The normalized spacial score (nSPS) is 10.8. The van der Waals surface area contributed by atoms with Gasteiger partial charge in [-0.1, -0.05) is 6.07 Å². The molecule has 0 aliphatic rings. The molecule has 2 rings (SSSR count). The molecule has 0 saturated heterocycles. The van der Waals surface area contributed by atoms with E-state index in [-0.39, 0.29) is 11.3 Å². The number of furan rings is 1. The van der Waals surface area contributed by atoms with E-state index in [2.05, 4.69) is 5.32 Å². The lowest BCUT2D eigenvalue weighted by Crippen LogP contribution is -2.13. The third kappa shape index (κ3) is 4.20. The Bertz CT molecular complexity index is 832. The van der Waals surface area contributed by atoms with Crippen LogP contribution in [-0.4, -0.2) is 17.4 Å². The number of nitrogens with one attached hydrogen (secondary N) is 1. The number of amides is 1. The first-order valence-electron chi connectivity index (χ1n) is 6.93. The van der Waals surface area contributed by atoms with E-state index in [4.69, 9.17) is 14.4 Å². The Balaban J connectivity index is 2.16. The number of carbonyl (C=O) groups is 1. The SMILES string of the molecule is CCOc1cccc(NC(=O)/C(C#N)=C\c2ccc([N+](=O)[O-])o2)c1. The van der Waals surface area contributed by atoms with Crippen LogP contribution in [0, 0.1) is 21.4 Å². The highest BCUT2D eigenvalue weighted by atomic mass is 16.6. The highest BCUT2D eigenvalue weighted by Crippen LogP contribution is 2.20. The molecule has 1 amide bonds. The molecule has 1 aromatic heterocycles. The van der Waals surface area contributed by atoms with Crippen LogP contribution in [0.2, 0.25) is 0 Å². The third-order valence-electron chi connectivity index (χ3n) is 2.85. The van der Waals surface area contributed by atoms with Crippen molar-refractivity contribution >= 4 is 23.6 Å². The fourth-order valence-electron chi connectivity index (χ4n) is 1.84. The minimum Gasteiger partial charge on any atom is -0.494 e. The zero-order valence-electron chi connectivity index (χ0n) is 12.7. The number of hydrogen-bond donors (Lipinski definition) is 1. The van der Waals surface area contributed by atoms with E-state index in [1.165, 1.54) is 6.07 Å². The Morgan fingerprint density at radius 2 is 2.25 bits per heavy atom. The van der Waals surface area contributed by atoms with Gasteiger partial charge in [-0.2, -0.15) is 5.26 Å². The van der Waals surface area contributed by atoms with Crippen molar-refractivity contribution in [3.8, 4) is 11.8 Å². The molecule has 8 nitrogen and oxygen atoms in total.